The van der Waals surface area contributed by atoms with Gasteiger partial charge in [0.05, 0.1) is 42.9 Å². The van der Waals surface area contributed by atoms with Crippen LogP contribution in [0.2, 0.25) is 0 Å². The molecule has 0 radical (unpaired) electrons. The summed E-state index contributed by atoms with van der Waals surface area (Å²) in [5.41, 5.74) is 3.81. The summed E-state index contributed by atoms with van der Waals surface area (Å²) >= 11 is 0. The minimum Gasteiger partial charge on any atom is -0.480 e. The summed E-state index contributed by atoms with van der Waals surface area (Å²) in [7, 11) is 1.62. The maximum absolute atomic E-state index is 13.9. The number of methoxy groups -OCH3 is 1. The van der Waals surface area contributed by atoms with Gasteiger partial charge in [-0.05, 0) is 31.4 Å². The minimum absolute atomic E-state index is 0.00185. The van der Waals surface area contributed by atoms with Crippen molar-refractivity contribution < 1.29 is 14.3 Å². The Hall–Kier alpha value is -4.42. The van der Waals surface area contributed by atoms with Crippen molar-refractivity contribution in [3.8, 4) is 17.1 Å². The van der Waals surface area contributed by atoms with Gasteiger partial charge in [0.25, 0.3) is 0 Å². The van der Waals surface area contributed by atoms with Crippen molar-refractivity contribution in [3.63, 3.8) is 0 Å². The lowest BCUT2D eigenvalue weighted by Crippen LogP contribution is -2.52. The molecule has 2 aliphatic heterocycles. The summed E-state index contributed by atoms with van der Waals surface area (Å²) in [5.74, 6) is 2.49. The van der Waals surface area contributed by atoms with Crippen molar-refractivity contribution in [2.45, 2.75) is 25.9 Å². The van der Waals surface area contributed by atoms with E-state index in [4.69, 9.17) is 19.4 Å². The van der Waals surface area contributed by atoms with Gasteiger partial charge in [-0.15, -0.1) is 0 Å². The lowest BCUT2D eigenvalue weighted by Gasteiger charge is -2.41. The van der Waals surface area contributed by atoms with Crippen LogP contribution in [0.1, 0.15) is 24.1 Å². The summed E-state index contributed by atoms with van der Waals surface area (Å²) in [6.45, 7) is 6.65. The number of aromatic nitrogens is 7. The standard InChI is InChI=1S/C30H33N9O3/c1-19-34-28-25(13-31-18-33-28)39(19)16-27(40)38-9-8-37(14-20-7-10-42-17-20)15-26(38)29-32-12-24(35-29)22-11-21-5-3-4-6-23(21)36-30(22)41-2/h3-6,11-13,18,20,26H,7-10,14-17H2,1-2H3,(H,32,35)/t20?,26-/m0/s1. The molecule has 12 nitrogen and oxygen atoms in total. The molecule has 0 bridgehead atoms. The van der Waals surface area contributed by atoms with Crippen LogP contribution in [0.5, 0.6) is 5.88 Å². The summed E-state index contributed by atoms with van der Waals surface area (Å²) in [6.07, 6.45) is 6.05. The molecule has 1 unspecified atom stereocenters. The summed E-state index contributed by atoms with van der Waals surface area (Å²) in [6, 6.07) is 9.75. The van der Waals surface area contributed by atoms with E-state index in [1.807, 2.05) is 40.7 Å². The highest BCUT2D eigenvalue weighted by Crippen LogP contribution is 2.33. The van der Waals surface area contributed by atoms with Gasteiger partial charge in [-0.1, -0.05) is 18.2 Å². The number of imidazole rings is 2. The number of rotatable bonds is 7. The molecule has 7 rings (SSSR count). The molecule has 2 fully saturated rings. The first kappa shape index (κ1) is 26.5. The van der Waals surface area contributed by atoms with Crippen LogP contribution in [0, 0.1) is 12.8 Å². The second-order valence-electron chi connectivity index (χ2n) is 11.0. The molecule has 2 saturated heterocycles. The molecule has 5 aromatic rings. The number of ether oxygens (including phenoxy) is 2. The van der Waals surface area contributed by atoms with Crippen LogP contribution in [-0.4, -0.2) is 96.7 Å². The van der Waals surface area contributed by atoms with E-state index < -0.39 is 0 Å². The van der Waals surface area contributed by atoms with E-state index in [0.717, 1.165) is 72.0 Å². The molecule has 4 aromatic heterocycles. The molecule has 6 heterocycles. The number of para-hydroxylation sites is 1. The third-order valence-corrected chi connectivity index (χ3v) is 8.32. The largest absolute Gasteiger partial charge is 0.480 e. The fourth-order valence-corrected chi connectivity index (χ4v) is 6.13. The number of nitrogens with one attached hydrogen (secondary N) is 1. The number of nitrogens with zero attached hydrogens (tertiary/aromatic N) is 8. The molecule has 42 heavy (non-hydrogen) atoms. The van der Waals surface area contributed by atoms with E-state index >= 15 is 0 Å². The number of fused-ring (bicyclic) bond motifs is 2. The Balaban J connectivity index is 1.20. The smallest absolute Gasteiger partial charge is 0.243 e. The van der Waals surface area contributed by atoms with Crippen LogP contribution in [0.3, 0.4) is 0 Å². The van der Waals surface area contributed by atoms with Crippen molar-refractivity contribution in [1.82, 2.24) is 44.3 Å². The Kier molecular flexibility index (Phi) is 7.00. The van der Waals surface area contributed by atoms with E-state index in [9.17, 15) is 4.79 Å². The minimum atomic E-state index is -0.256. The predicted octanol–water partition coefficient (Wildman–Crippen LogP) is 3.00. The van der Waals surface area contributed by atoms with E-state index in [-0.39, 0.29) is 18.5 Å². The van der Waals surface area contributed by atoms with Crippen LogP contribution in [0.15, 0.2) is 49.1 Å². The average molecular weight is 568 g/mol. The number of hydrogen-bond acceptors (Lipinski definition) is 9. The van der Waals surface area contributed by atoms with Gasteiger partial charge in [0, 0.05) is 38.2 Å². The zero-order chi connectivity index (χ0) is 28.6. The highest BCUT2D eigenvalue weighted by molar-refractivity contribution is 5.85. The first-order valence-electron chi connectivity index (χ1n) is 14.3. The lowest BCUT2D eigenvalue weighted by molar-refractivity contribution is -0.137. The van der Waals surface area contributed by atoms with Crippen LogP contribution >= 0.6 is 0 Å². The first-order valence-corrected chi connectivity index (χ1v) is 14.3. The van der Waals surface area contributed by atoms with Crippen molar-refractivity contribution in [3.05, 3.63) is 60.7 Å². The number of piperazine rings is 1. The second kappa shape index (κ2) is 11.1. The predicted molar refractivity (Wildman–Crippen MR) is 156 cm³/mol. The van der Waals surface area contributed by atoms with Gasteiger partial charge < -0.3 is 23.9 Å². The van der Waals surface area contributed by atoms with Gasteiger partial charge in [-0.2, -0.15) is 0 Å². The van der Waals surface area contributed by atoms with E-state index in [0.29, 0.717) is 30.5 Å². The zero-order valence-corrected chi connectivity index (χ0v) is 23.7. The maximum atomic E-state index is 13.9. The van der Waals surface area contributed by atoms with Gasteiger partial charge in [0.2, 0.25) is 11.8 Å². The molecule has 1 aromatic carbocycles. The Morgan fingerprint density at radius 1 is 1.17 bits per heavy atom. The lowest BCUT2D eigenvalue weighted by atomic mass is 10.1. The molecule has 0 aliphatic carbocycles. The highest BCUT2D eigenvalue weighted by atomic mass is 16.5. The number of benzene rings is 1. The number of carbonyl (C=O) groups excluding carboxylic acids is 1. The van der Waals surface area contributed by atoms with Crippen molar-refractivity contribution in [2.24, 2.45) is 5.92 Å². The first-order chi connectivity index (χ1) is 20.6. The van der Waals surface area contributed by atoms with Crippen molar-refractivity contribution >= 4 is 28.0 Å². The van der Waals surface area contributed by atoms with Gasteiger partial charge in [0.15, 0.2) is 5.65 Å². The van der Waals surface area contributed by atoms with E-state index in [1.165, 1.54) is 6.33 Å². The number of carbonyl (C=O) groups is 1. The summed E-state index contributed by atoms with van der Waals surface area (Å²) < 4.78 is 13.2. The Bertz CT molecular complexity index is 1740. The monoisotopic (exact) mass is 567 g/mol. The molecule has 0 spiro atoms. The molecule has 1 amide bonds. The third kappa shape index (κ3) is 4.96. The fraction of sp³-hybridized carbons (Fsp3) is 0.400. The quantitative estimate of drug-likeness (QED) is 0.316. The van der Waals surface area contributed by atoms with Crippen molar-refractivity contribution in [1.29, 1.82) is 0 Å². The Morgan fingerprint density at radius 2 is 2.07 bits per heavy atom. The number of H-pyrrole nitrogens is 1. The maximum Gasteiger partial charge on any atom is 0.243 e. The van der Waals surface area contributed by atoms with Crippen LogP contribution < -0.4 is 4.74 Å². The zero-order valence-electron chi connectivity index (χ0n) is 23.7. The number of pyridine rings is 1. The molecular weight excluding hydrogens is 534 g/mol. The van der Waals surface area contributed by atoms with Gasteiger partial charge >= 0.3 is 0 Å². The average Bonchev–Trinajstić information content (AvgIpc) is 3.78. The van der Waals surface area contributed by atoms with E-state index in [1.54, 1.807) is 19.5 Å². The second-order valence-corrected chi connectivity index (χ2v) is 11.0. The van der Waals surface area contributed by atoms with E-state index in [2.05, 4.69) is 30.9 Å². The van der Waals surface area contributed by atoms with Crippen LogP contribution in [0.4, 0.5) is 0 Å². The fourth-order valence-electron chi connectivity index (χ4n) is 6.13. The number of aromatic amines is 1. The molecule has 0 saturated carbocycles. The topological polar surface area (TPSA) is 127 Å². The number of amides is 1. The Morgan fingerprint density at radius 3 is 2.93 bits per heavy atom. The van der Waals surface area contributed by atoms with Crippen LogP contribution in [-0.2, 0) is 16.1 Å². The molecule has 1 N–H and O–H groups in total. The number of hydrogen-bond donors (Lipinski definition) is 1. The number of aryl methyl sites for hydroxylation is 1. The normalized spacial score (nSPS) is 19.6. The molecule has 2 atom stereocenters. The molecule has 216 valence electrons. The highest BCUT2D eigenvalue weighted by Gasteiger charge is 2.35. The SMILES string of the molecule is COc1nc2ccccc2cc1-c1cnc([C@@H]2CN(CC3CCOC3)CCN2C(=O)Cn2c(C)nc3ncncc32)[nH]1. The Labute approximate surface area is 242 Å². The van der Waals surface area contributed by atoms with Gasteiger partial charge in [-0.3, -0.25) is 9.69 Å². The summed E-state index contributed by atoms with van der Waals surface area (Å²) in [5, 5.41) is 1.01. The van der Waals surface area contributed by atoms with Crippen LogP contribution in [0.25, 0.3) is 33.3 Å². The van der Waals surface area contributed by atoms with Crippen molar-refractivity contribution in [2.75, 3.05) is 46.5 Å². The molecule has 12 heteroatoms. The third-order valence-electron chi connectivity index (χ3n) is 8.32. The van der Waals surface area contributed by atoms with Gasteiger partial charge in [-0.25, -0.2) is 24.9 Å². The molecule has 2 aliphatic rings. The molecular formula is C30H33N9O3. The summed E-state index contributed by atoms with van der Waals surface area (Å²) in [4.78, 5) is 44.3. The van der Waals surface area contributed by atoms with Gasteiger partial charge in [0.1, 0.15) is 36.1 Å².